The molecule has 5 aromatic rings. The van der Waals surface area contributed by atoms with Crippen molar-refractivity contribution in [3.63, 3.8) is 0 Å². The third kappa shape index (κ3) is 3.54. The summed E-state index contributed by atoms with van der Waals surface area (Å²) >= 11 is 0. The highest BCUT2D eigenvalue weighted by molar-refractivity contribution is 5.85. The second-order valence-corrected chi connectivity index (χ2v) is 8.17. The lowest BCUT2D eigenvalue weighted by Gasteiger charge is -2.11. The van der Waals surface area contributed by atoms with Gasteiger partial charge >= 0.3 is 0 Å². The van der Waals surface area contributed by atoms with E-state index in [2.05, 4.69) is 30.5 Å². The average Bonchev–Trinajstić information content (AvgIpc) is 3.60. The molecular formula is C24H21N9O. The molecule has 0 aromatic carbocycles. The van der Waals surface area contributed by atoms with Gasteiger partial charge < -0.3 is 10.2 Å². The Labute approximate surface area is 194 Å². The molecule has 34 heavy (non-hydrogen) atoms. The van der Waals surface area contributed by atoms with E-state index < -0.39 is 0 Å². The van der Waals surface area contributed by atoms with Crippen molar-refractivity contribution in [2.75, 3.05) is 18.9 Å². The SMILES string of the molecule is CN1CCC(c2ccnc(-c3ccn(-c4ccnc(Nc5cnn6ccccc56)n4)n3)c2)C1=O. The summed E-state index contributed by atoms with van der Waals surface area (Å²) in [5.41, 5.74) is 4.13. The van der Waals surface area contributed by atoms with E-state index in [1.807, 2.05) is 55.8 Å². The number of hydrogen-bond acceptors (Lipinski definition) is 7. The molecule has 1 unspecified atom stereocenters. The number of rotatable bonds is 5. The fourth-order valence-electron chi connectivity index (χ4n) is 4.21. The molecule has 0 aliphatic carbocycles. The van der Waals surface area contributed by atoms with Crippen LogP contribution in [0.5, 0.6) is 0 Å². The minimum Gasteiger partial charge on any atom is -0.345 e. The number of fused-ring (bicyclic) bond motifs is 1. The van der Waals surface area contributed by atoms with Crippen molar-refractivity contribution in [1.29, 1.82) is 0 Å². The van der Waals surface area contributed by atoms with Gasteiger partial charge in [0.2, 0.25) is 11.9 Å². The molecule has 10 heteroatoms. The maximum Gasteiger partial charge on any atom is 0.229 e. The van der Waals surface area contributed by atoms with Gasteiger partial charge in [-0.25, -0.2) is 14.2 Å². The monoisotopic (exact) mass is 451 g/mol. The number of likely N-dealkylation sites (N-methyl/N-ethyl adjacent to an activating group) is 1. The van der Waals surface area contributed by atoms with E-state index in [1.165, 1.54) is 0 Å². The van der Waals surface area contributed by atoms with Gasteiger partial charge in [-0.15, -0.1) is 0 Å². The lowest BCUT2D eigenvalue weighted by atomic mass is 9.98. The number of hydrogen-bond donors (Lipinski definition) is 1. The Balaban J connectivity index is 1.26. The van der Waals surface area contributed by atoms with Gasteiger partial charge in [0.15, 0.2) is 5.82 Å². The van der Waals surface area contributed by atoms with E-state index in [9.17, 15) is 4.79 Å². The molecule has 1 aliphatic heterocycles. The molecule has 10 nitrogen and oxygen atoms in total. The Bertz CT molecular complexity index is 1510. The number of nitrogens with zero attached hydrogens (tertiary/aromatic N) is 8. The largest absolute Gasteiger partial charge is 0.345 e. The molecule has 1 N–H and O–H groups in total. The van der Waals surface area contributed by atoms with E-state index in [0.717, 1.165) is 35.4 Å². The zero-order valence-electron chi connectivity index (χ0n) is 18.4. The highest BCUT2D eigenvalue weighted by atomic mass is 16.2. The van der Waals surface area contributed by atoms with Crippen molar-refractivity contribution in [2.45, 2.75) is 12.3 Å². The number of anilines is 2. The third-order valence-electron chi connectivity index (χ3n) is 6.01. The van der Waals surface area contributed by atoms with Crippen LogP contribution in [0.4, 0.5) is 11.6 Å². The van der Waals surface area contributed by atoms with Gasteiger partial charge in [-0.2, -0.15) is 15.2 Å². The van der Waals surface area contributed by atoms with Crippen LogP contribution in [-0.2, 0) is 4.79 Å². The Hall–Kier alpha value is -4.60. The summed E-state index contributed by atoms with van der Waals surface area (Å²) in [6, 6.07) is 13.4. The first-order chi connectivity index (χ1) is 16.7. The summed E-state index contributed by atoms with van der Waals surface area (Å²) in [5, 5.41) is 12.2. The molecule has 1 atom stereocenters. The molecule has 0 bridgehead atoms. The number of aromatic nitrogens is 7. The van der Waals surface area contributed by atoms with Gasteiger partial charge in [-0.05, 0) is 42.3 Å². The predicted octanol–water partition coefficient (Wildman–Crippen LogP) is 3.06. The molecule has 6 rings (SSSR count). The Kier molecular flexibility index (Phi) is 4.76. The molecule has 1 saturated heterocycles. The van der Waals surface area contributed by atoms with Crippen molar-refractivity contribution in [2.24, 2.45) is 0 Å². The average molecular weight is 451 g/mol. The standard InChI is InChI=1S/C24H21N9O/c1-31-12-7-17(23(31)34)16-5-9-25-19(14-16)18-8-13-33(30-18)22-6-10-26-24(29-22)28-20-15-27-32-11-3-2-4-21(20)32/h2-6,8-11,13-15,17H,7,12H2,1H3,(H,26,28,29). The lowest BCUT2D eigenvalue weighted by Crippen LogP contribution is -2.21. The van der Waals surface area contributed by atoms with Crippen LogP contribution in [0.2, 0.25) is 0 Å². The van der Waals surface area contributed by atoms with Crippen LogP contribution in [0.25, 0.3) is 22.7 Å². The zero-order valence-corrected chi connectivity index (χ0v) is 18.4. The predicted molar refractivity (Wildman–Crippen MR) is 126 cm³/mol. The number of amides is 1. The molecule has 168 valence electrons. The van der Waals surface area contributed by atoms with Crippen molar-refractivity contribution in [3.05, 3.63) is 79.0 Å². The Morgan fingerprint density at radius 2 is 1.94 bits per heavy atom. The van der Waals surface area contributed by atoms with Gasteiger partial charge in [0.05, 0.1) is 29.0 Å². The maximum absolute atomic E-state index is 12.4. The molecule has 6 heterocycles. The van der Waals surface area contributed by atoms with Crippen molar-refractivity contribution in [1.82, 2.24) is 39.2 Å². The first-order valence-corrected chi connectivity index (χ1v) is 11.0. The number of nitrogens with one attached hydrogen (secondary N) is 1. The van der Waals surface area contributed by atoms with Crippen LogP contribution in [0.3, 0.4) is 0 Å². The fourth-order valence-corrected chi connectivity index (χ4v) is 4.21. The van der Waals surface area contributed by atoms with Gasteiger partial charge in [-0.1, -0.05) is 6.07 Å². The van der Waals surface area contributed by atoms with E-state index >= 15 is 0 Å². The van der Waals surface area contributed by atoms with Crippen molar-refractivity contribution in [3.8, 4) is 17.2 Å². The molecule has 0 radical (unpaired) electrons. The summed E-state index contributed by atoms with van der Waals surface area (Å²) in [6.45, 7) is 0.773. The molecule has 1 amide bonds. The summed E-state index contributed by atoms with van der Waals surface area (Å²) in [4.78, 5) is 27.6. The molecular weight excluding hydrogens is 430 g/mol. The second kappa shape index (κ2) is 8.07. The highest BCUT2D eigenvalue weighted by Gasteiger charge is 2.30. The van der Waals surface area contributed by atoms with Gasteiger partial charge in [0.25, 0.3) is 0 Å². The molecule has 5 aromatic heterocycles. The van der Waals surface area contributed by atoms with Gasteiger partial charge in [-0.3, -0.25) is 9.78 Å². The number of pyridine rings is 2. The second-order valence-electron chi connectivity index (χ2n) is 8.17. The summed E-state index contributed by atoms with van der Waals surface area (Å²) < 4.78 is 3.46. The minimum absolute atomic E-state index is 0.121. The maximum atomic E-state index is 12.4. The number of carbonyl (C=O) groups excluding carboxylic acids is 1. The zero-order chi connectivity index (χ0) is 23.1. The van der Waals surface area contributed by atoms with E-state index in [-0.39, 0.29) is 11.8 Å². The number of carbonyl (C=O) groups is 1. The smallest absolute Gasteiger partial charge is 0.229 e. The van der Waals surface area contributed by atoms with Crippen LogP contribution in [0.15, 0.2) is 73.4 Å². The van der Waals surface area contributed by atoms with Crippen LogP contribution in [0.1, 0.15) is 17.9 Å². The van der Waals surface area contributed by atoms with Crippen LogP contribution in [-0.4, -0.2) is 58.7 Å². The van der Waals surface area contributed by atoms with Crippen molar-refractivity contribution >= 4 is 23.1 Å². The third-order valence-corrected chi connectivity index (χ3v) is 6.01. The summed E-state index contributed by atoms with van der Waals surface area (Å²) in [7, 11) is 1.84. The summed E-state index contributed by atoms with van der Waals surface area (Å²) in [5.74, 6) is 1.08. The quantitative estimate of drug-likeness (QED) is 0.438. The van der Waals surface area contributed by atoms with E-state index in [0.29, 0.717) is 17.5 Å². The fraction of sp³-hybridized carbons (Fsp3) is 0.167. The van der Waals surface area contributed by atoms with E-state index in [4.69, 9.17) is 0 Å². The first-order valence-electron chi connectivity index (χ1n) is 11.0. The van der Waals surface area contributed by atoms with Gasteiger partial charge in [0.1, 0.15) is 5.69 Å². The normalized spacial score (nSPS) is 15.9. The molecule has 0 spiro atoms. The van der Waals surface area contributed by atoms with Crippen LogP contribution < -0.4 is 5.32 Å². The number of likely N-dealkylation sites (tertiary alicyclic amines) is 1. The lowest BCUT2D eigenvalue weighted by molar-refractivity contribution is -0.127. The highest BCUT2D eigenvalue weighted by Crippen LogP contribution is 2.29. The first kappa shape index (κ1) is 20.0. The minimum atomic E-state index is -0.121. The molecule has 1 fully saturated rings. The summed E-state index contributed by atoms with van der Waals surface area (Å²) in [6.07, 6.45) is 9.68. The Morgan fingerprint density at radius 3 is 2.82 bits per heavy atom. The van der Waals surface area contributed by atoms with Crippen LogP contribution in [0, 0.1) is 0 Å². The molecule has 0 saturated carbocycles. The van der Waals surface area contributed by atoms with Crippen LogP contribution >= 0.6 is 0 Å². The molecule has 1 aliphatic rings. The topological polar surface area (TPSA) is 106 Å². The van der Waals surface area contributed by atoms with Gasteiger partial charge in [0, 0.05) is 44.4 Å². The van der Waals surface area contributed by atoms with Crippen molar-refractivity contribution < 1.29 is 4.79 Å². The Morgan fingerprint density at radius 1 is 1.03 bits per heavy atom. The van der Waals surface area contributed by atoms with E-state index in [1.54, 1.807) is 38.8 Å².